The summed E-state index contributed by atoms with van der Waals surface area (Å²) in [5.41, 5.74) is 0. The summed E-state index contributed by atoms with van der Waals surface area (Å²) >= 11 is 2.03. The van der Waals surface area contributed by atoms with Crippen molar-refractivity contribution in [3.05, 3.63) is 26.8 Å². The molecule has 1 aromatic heterocycles. The van der Waals surface area contributed by atoms with Gasteiger partial charge in [-0.15, -0.1) is 0 Å². The summed E-state index contributed by atoms with van der Waals surface area (Å²) in [6.45, 7) is 1.51. The molecule has 1 rings (SSSR count). The molecule has 0 saturated heterocycles. The van der Waals surface area contributed by atoms with Crippen LogP contribution in [0.2, 0.25) is 0 Å². The highest BCUT2D eigenvalue weighted by Gasteiger charge is 2.28. The molecule has 0 unspecified atom stereocenters. The molecule has 1 aromatic rings. The van der Waals surface area contributed by atoms with E-state index >= 15 is 0 Å². The molecule has 0 aliphatic heterocycles. The van der Waals surface area contributed by atoms with Crippen LogP contribution in [-0.2, 0) is 16.9 Å². The zero-order chi connectivity index (χ0) is 14.8. The van der Waals surface area contributed by atoms with Crippen molar-refractivity contribution in [3.63, 3.8) is 0 Å². The number of hydrogen-bond acceptors (Lipinski definition) is 5. The molecule has 0 N–H and O–H groups in total. The lowest BCUT2D eigenvalue weighted by molar-refractivity contribution is 0.102. The van der Waals surface area contributed by atoms with Crippen LogP contribution >= 0.6 is 22.6 Å². The van der Waals surface area contributed by atoms with Gasteiger partial charge in [-0.25, -0.2) is 13.4 Å². The normalized spacial score (nSPS) is 12.6. The molecular formula is C11H16IN3O3S. The summed E-state index contributed by atoms with van der Waals surface area (Å²) < 4.78 is 26.4. The van der Waals surface area contributed by atoms with Crippen LogP contribution in [0.3, 0.4) is 0 Å². The third-order valence-electron chi connectivity index (χ3n) is 2.45. The molecule has 0 radical (unpaired) electrons. The van der Waals surface area contributed by atoms with Gasteiger partial charge in [0.2, 0.25) is 5.78 Å². The fourth-order valence-corrected chi connectivity index (χ4v) is 2.80. The fraction of sp³-hybridized carbons (Fsp3) is 0.455. The number of aromatic nitrogens is 2. The number of Topliss-reactive ketones (excluding diaryl/α,β-unsaturated/α-hetero) is 1. The van der Waals surface area contributed by atoms with E-state index in [2.05, 4.69) is 4.98 Å². The van der Waals surface area contributed by atoms with Gasteiger partial charge in [0.25, 0.3) is 0 Å². The van der Waals surface area contributed by atoms with Crippen LogP contribution < -0.4 is 0 Å². The standard InChI is InChI=1S/C11H16IN3O3S/c1-5-19(17,18)8(7-14(2)3)10(16)11-13-6-9(12)15(11)4/h6-7H,5H2,1-4H3. The molecule has 0 atom stereocenters. The van der Waals surface area contributed by atoms with E-state index in [0.29, 0.717) is 0 Å². The summed E-state index contributed by atoms with van der Waals surface area (Å²) in [4.78, 5) is 17.6. The molecule has 6 nitrogen and oxygen atoms in total. The summed E-state index contributed by atoms with van der Waals surface area (Å²) in [6.07, 6.45) is 2.85. The van der Waals surface area contributed by atoms with E-state index in [9.17, 15) is 13.2 Å². The van der Waals surface area contributed by atoms with Crippen LogP contribution in [0.1, 0.15) is 17.5 Å². The second-order valence-corrected chi connectivity index (χ2v) is 7.50. The van der Waals surface area contributed by atoms with Crippen LogP contribution in [0.15, 0.2) is 17.3 Å². The van der Waals surface area contributed by atoms with E-state index in [0.717, 1.165) is 3.70 Å². The molecular weight excluding hydrogens is 381 g/mol. The highest BCUT2D eigenvalue weighted by molar-refractivity contribution is 14.1. The van der Waals surface area contributed by atoms with Crippen molar-refractivity contribution < 1.29 is 13.2 Å². The third kappa shape index (κ3) is 3.56. The zero-order valence-electron chi connectivity index (χ0n) is 11.2. The highest BCUT2D eigenvalue weighted by Crippen LogP contribution is 2.16. The van der Waals surface area contributed by atoms with Crippen molar-refractivity contribution in [2.45, 2.75) is 6.92 Å². The molecule has 8 heteroatoms. The van der Waals surface area contributed by atoms with E-state index in [-0.39, 0.29) is 16.5 Å². The quantitative estimate of drug-likeness (QED) is 0.422. The Balaban J connectivity index is 3.36. The van der Waals surface area contributed by atoms with Gasteiger partial charge in [-0.05, 0) is 22.6 Å². The molecule has 106 valence electrons. The number of nitrogens with zero attached hydrogens (tertiary/aromatic N) is 3. The maximum Gasteiger partial charge on any atom is 0.241 e. The minimum Gasteiger partial charge on any atom is -0.382 e. The zero-order valence-corrected chi connectivity index (χ0v) is 14.2. The van der Waals surface area contributed by atoms with Gasteiger partial charge in [0.1, 0.15) is 4.91 Å². The van der Waals surface area contributed by atoms with Crippen molar-refractivity contribution >= 4 is 38.2 Å². The first-order chi connectivity index (χ1) is 8.70. The van der Waals surface area contributed by atoms with Gasteiger partial charge in [-0.2, -0.15) is 0 Å². The number of allylic oxidation sites excluding steroid dienone is 1. The second kappa shape index (κ2) is 6.04. The van der Waals surface area contributed by atoms with Gasteiger partial charge in [0, 0.05) is 27.3 Å². The van der Waals surface area contributed by atoms with Crippen molar-refractivity contribution in [1.82, 2.24) is 14.5 Å². The Kier molecular flexibility index (Phi) is 5.13. The lowest BCUT2D eigenvalue weighted by atomic mass is 10.3. The Morgan fingerprint density at radius 3 is 2.47 bits per heavy atom. The van der Waals surface area contributed by atoms with E-state index in [4.69, 9.17) is 0 Å². The maximum absolute atomic E-state index is 12.4. The van der Waals surface area contributed by atoms with E-state index in [1.807, 2.05) is 22.6 Å². The predicted molar refractivity (Wildman–Crippen MR) is 81.5 cm³/mol. The van der Waals surface area contributed by atoms with Gasteiger partial charge < -0.3 is 9.47 Å². The van der Waals surface area contributed by atoms with Crippen molar-refractivity contribution in [1.29, 1.82) is 0 Å². The first kappa shape index (κ1) is 16.2. The average molecular weight is 397 g/mol. The summed E-state index contributed by atoms with van der Waals surface area (Å²) in [5.74, 6) is -0.588. The minimum atomic E-state index is -3.60. The summed E-state index contributed by atoms with van der Waals surface area (Å²) in [7, 11) is 1.41. The largest absolute Gasteiger partial charge is 0.382 e. The molecule has 19 heavy (non-hydrogen) atoms. The van der Waals surface area contributed by atoms with E-state index < -0.39 is 15.6 Å². The van der Waals surface area contributed by atoms with E-state index in [1.54, 1.807) is 25.7 Å². The van der Waals surface area contributed by atoms with Crippen LogP contribution in [0.5, 0.6) is 0 Å². The molecule has 0 fully saturated rings. The van der Waals surface area contributed by atoms with E-state index in [1.165, 1.54) is 24.2 Å². The van der Waals surface area contributed by atoms with Gasteiger partial charge >= 0.3 is 0 Å². The van der Waals surface area contributed by atoms with Crippen LogP contribution in [-0.4, -0.2) is 48.5 Å². The van der Waals surface area contributed by atoms with Crippen LogP contribution in [0.25, 0.3) is 0 Å². The number of ketones is 1. The average Bonchev–Trinajstić information content (AvgIpc) is 2.66. The van der Waals surface area contributed by atoms with Crippen LogP contribution in [0.4, 0.5) is 0 Å². The summed E-state index contributed by atoms with van der Waals surface area (Å²) in [5, 5.41) is 0. The predicted octanol–water partition coefficient (Wildman–Crippen LogP) is 1.05. The van der Waals surface area contributed by atoms with Gasteiger partial charge in [0.05, 0.1) is 15.7 Å². The number of carbonyl (C=O) groups excluding carboxylic acids is 1. The fourth-order valence-electron chi connectivity index (χ4n) is 1.38. The smallest absolute Gasteiger partial charge is 0.241 e. The molecule has 0 bridgehead atoms. The molecule has 0 saturated carbocycles. The monoisotopic (exact) mass is 397 g/mol. The van der Waals surface area contributed by atoms with Crippen LogP contribution in [0, 0.1) is 3.70 Å². The molecule has 0 aromatic carbocycles. The van der Waals surface area contributed by atoms with Gasteiger partial charge in [0.15, 0.2) is 15.7 Å². The summed E-state index contributed by atoms with van der Waals surface area (Å²) in [6, 6.07) is 0. The van der Waals surface area contributed by atoms with Crippen molar-refractivity contribution in [2.75, 3.05) is 19.8 Å². The number of hydrogen-bond donors (Lipinski definition) is 0. The molecule has 0 spiro atoms. The minimum absolute atomic E-state index is 0.120. The lowest BCUT2D eigenvalue weighted by Crippen LogP contribution is -2.21. The third-order valence-corrected chi connectivity index (χ3v) is 5.17. The number of imidazole rings is 1. The Hall–Kier alpha value is -0.900. The lowest BCUT2D eigenvalue weighted by Gasteiger charge is -2.11. The second-order valence-electron chi connectivity index (χ2n) is 4.15. The SMILES string of the molecule is CCS(=O)(=O)C(=CN(C)C)C(=O)c1ncc(I)n1C. The Labute approximate surface area is 126 Å². The number of halogens is 1. The van der Waals surface area contributed by atoms with Gasteiger partial charge in [-0.3, -0.25) is 4.79 Å². The molecule has 0 aliphatic rings. The highest BCUT2D eigenvalue weighted by atomic mass is 127. The topological polar surface area (TPSA) is 72.3 Å². The first-order valence-electron chi connectivity index (χ1n) is 5.53. The van der Waals surface area contributed by atoms with Crippen molar-refractivity contribution in [2.24, 2.45) is 7.05 Å². The number of rotatable bonds is 5. The first-order valence-corrected chi connectivity index (χ1v) is 8.26. The number of carbonyl (C=O) groups is 1. The molecule has 1 heterocycles. The van der Waals surface area contributed by atoms with Crippen molar-refractivity contribution in [3.8, 4) is 0 Å². The Bertz CT molecular complexity index is 617. The molecule has 0 aliphatic carbocycles. The Morgan fingerprint density at radius 2 is 2.11 bits per heavy atom. The number of sulfone groups is 1. The maximum atomic E-state index is 12.4. The molecule has 0 amide bonds. The Morgan fingerprint density at radius 1 is 1.53 bits per heavy atom. The van der Waals surface area contributed by atoms with Gasteiger partial charge in [-0.1, -0.05) is 6.92 Å².